The van der Waals surface area contributed by atoms with E-state index in [9.17, 15) is 9.59 Å². The summed E-state index contributed by atoms with van der Waals surface area (Å²) in [6, 6.07) is 27.1. The Morgan fingerprint density at radius 1 is 0.848 bits per heavy atom. The topological polar surface area (TPSA) is 61.4 Å². The fourth-order valence-electron chi connectivity index (χ4n) is 4.16. The average molecular weight is 434 g/mol. The van der Waals surface area contributed by atoms with Crippen LogP contribution in [0, 0.1) is 0 Å². The molecule has 0 fully saturated rings. The molecule has 0 saturated heterocycles. The number of rotatable bonds is 4. The molecule has 0 saturated carbocycles. The molecule has 5 rings (SSSR count). The van der Waals surface area contributed by atoms with Crippen LogP contribution in [0.1, 0.15) is 27.6 Å². The largest absolute Gasteiger partial charge is 0.379 e. The number of fused-ring (bicyclic) bond motifs is 3. The first-order valence-electron chi connectivity index (χ1n) is 10.8. The molecule has 1 aliphatic rings. The lowest BCUT2D eigenvalue weighted by Gasteiger charge is -2.23. The quantitative estimate of drug-likeness (QED) is 0.367. The molecule has 33 heavy (non-hydrogen) atoms. The van der Waals surface area contributed by atoms with Gasteiger partial charge in [-0.2, -0.15) is 0 Å². The van der Waals surface area contributed by atoms with E-state index in [-0.39, 0.29) is 11.7 Å². The van der Waals surface area contributed by atoms with E-state index in [1.807, 2.05) is 30.3 Å². The summed E-state index contributed by atoms with van der Waals surface area (Å²) in [5.41, 5.74) is 4.59. The van der Waals surface area contributed by atoms with Crippen molar-refractivity contribution in [1.82, 2.24) is 0 Å². The Bertz CT molecular complexity index is 1390. The summed E-state index contributed by atoms with van der Waals surface area (Å²) in [7, 11) is 0. The summed E-state index contributed by atoms with van der Waals surface area (Å²) in [6.07, 6.45) is 4.15. The lowest BCUT2D eigenvalue weighted by Crippen LogP contribution is -2.15. The highest BCUT2D eigenvalue weighted by Crippen LogP contribution is 2.39. The lowest BCUT2D eigenvalue weighted by atomic mass is 10.0. The van der Waals surface area contributed by atoms with Crippen LogP contribution in [0.15, 0.2) is 97.2 Å². The molecule has 0 unspecified atom stereocenters. The third-order valence-corrected chi connectivity index (χ3v) is 5.77. The zero-order valence-electron chi connectivity index (χ0n) is 18.2. The average Bonchev–Trinajstić information content (AvgIpc) is 3.07. The molecule has 2 N–H and O–H groups in total. The number of amides is 1. The van der Waals surface area contributed by atoms with Crippen LogP contribution in [-0.4, -0.2) is 18.2 Å². The van der Waals surface area contributed by atoms with Crippen molar-refractivity contribution in [2.45, 2.75) is 6.92 Å². The van der Waals surface area contributed by atoms with Gasteiger partial charge in [-0.25, -0.2) is 0 Å². The standard InChI is InChI=1S/C28H23N3O2/c1-19(32)23-8-4-5-10-25(23)28(33)30-21-12-14-22(15-13-21)31-18-6-17-29-27-24-9-3-2-7-20(24)11-16-26(27)31/h2-16,18,29H,17H2,1H3,(H,30,33). The first kappa shape index (κ1) is 20.5. The SMILES string of the molecule is CC(=O)c1ccccc1C(=O)Nc1ccc(N2C=CCNc3c2ccc2ccccc32)cc1. The summed E-state index contributed by atoms with van der Waals surface area (Å²) in [5, 5.41) is 8.79. The van der Waals surface area contributed by atoms with Crippen LogP contribution in [0.25, 0.3) is 10.8 Å². The van der Waals surface area contributed by atoms with Crippen LogP contribution in [0.3, 0.4) is 0 Å². The van der Waals surface area contributed by atoms with Crippen molar-refractivity contribution in [1.29, 1.82) is 0 Å². The minimum absolute atomic E-state index is 0.135. The summed E-state index contributed by atoms with van der Waals surface area (Å²) >= 11 is 0. The molecule has 162 valence electrons. The number of carbonyl (C=O) groups excluding carboxylic acids is 2. The van der Waals surface area contributed by atoms with E-state index in [1.165, 1.54) is 17.7 Å². The van der Waals surface area contributed by atoms with Crippen LogP contribution < -0.4 is 15.5 Å². The monoisotopic (exact) mass is 433 g/mol. The molecular formula is C28H23N3O2. The van der Waals surface area contributed by atoms with Crippen molar-refractivity contribution in [3.63, 3.8) is 0 Å². The summed E-state index contributed by atoms with van der Waals surface area (Å²) in [4.78, 5) is 26.8. The van der Waals surface area contributed by atoms with Crippen LogP contribution in [0.2, 0.25) is 0 Å². The molecule has 0 radical (unpaired) electrons. The Labute approximate surface area is 192 Å². The molecular weight excluding hydrogens is 410 g/mol. The number of Topliss-reactive ketones (excluding diaryl/α,β-unsaturated/α-hetero) is 1. The van der Waals surface area contributed by atoms with Crippen molar-refractivity contribution < 1.29 is 9.59 Å². The molecule has 1 aliphatic heterocycles. The zero-order valence-corrected chi connectivity index (χ0v) is 18.2. The smallest absolute Gasteiger partial charge is 0.256 e. The first-order chi connectivity index (χ1) is 16.1. The van der Waals surface area contributed by atoms with Gasteiger partial charge in [-0.15, -0.1) is 0 Å². The minimum atomic E-state index is -0.302. The molecule has 1 heterocycles. The van der Waals surface area contributed by atoms with Crippen molar-refractivity contribution in [2.75, 3.05) is 22.1 Å². The van der Waals surface area contributed by atoms with E-state index in [1.54, 1.807) is 24.3 Å². The van der Waals surface area contributed by atoms with Gasteiger partial charge in [0.2, 0.25) is 0 Å². The normalized spacial score (nSPS) is 12.6. The molecule has 0 bridgehead atoms. The summed E-state index contributed by atoms with van der Waals surface area (Å²) in [5.74, 6) is -0.437. The van der Waals surface area contributed by atoms with Crippen LogP contribution >= 0.6 is 0 Å². The predicted molar refractivity (Wildman–Crippen MR) is 135 cm³/mol. The van der Waals surface area contributed by atoms with Gasteiger partial charge in [0.25, 0.3) is 5.91 Å². The number of benzene rings is 4. The van der Waals surface area contributed by atoms with Gasteiger partial charge in [-0.05, 0) is 54.8 Å². The van der Waals surface area contributed by atoms with Crippen LogP contribution in [0.4, 0.5) is 22.7 Å². The van der Waals surface area contributed by atoms with Gasteiger partial charge >= 0.3 is 0 Å². The van der Waals surface area contributed by atoms with E-state index < -0.39 is 0 Å². The number of hydrogen-bond acceptors (Lipinski definition) is 4. The Balaban J connectivity index is 1.43. The predicted octanol–water partition coefficient (Wildman–Crippen LogP) is 6.37. The van der Waals surface area contributed by atoms with Gasteiger partial charge in [-0.3, -0.25) is 9.59 Å². The second-order valence-electron chi connectivity index (χ2n) is 7.92. The number of anilines is 4. The van der Waals surface area contributed by atoms with E-state index >= 15 is 0 Å². The number of carbonyl (C=O) groups is 2. The van der Waals surface area contributed by atoms with Gasteiger partial charge in [0, 0.05) is 35.1 Å². The molecule has 0 aromatic heterocycles. The van der Waals surface area contributed by atoms with Gasteiger partial charge in [0.1, 0.15) is 0 Å². The lowest BCUT2D eigenvalue weighted by molar-refractivity contribution is 0.0985. The van der Waals surface area contributed by atoms with E-state index in [0.717, 1.165) is 23.6 Å². The second-order valence-corrected chi connectivity index (χ2v) is 7.92. The minimum Gasteiger partial charge on any atom is -0.379 e. The zero-order chi connectivity index (χ0) is 22.8. The van der Waals surface area contributed by atoms with Crippen LogP contribution in [-0.2, 0) is 0 Å². The molecule has 1 amide bonds. The molecule has 0 atom stereocenters. The number of nitrogens with zero attached hydrogens (tertiary/aromatic N) is 1. The Morgan fingerprint density at radius 3 is 2.36 bits per heavy atom. The van der Waals surface area contributed by atoms with Gasteiger partial charge in [0.15, 0.2) is 5.78 Å². The van der Waals surface area contributed by atoms with Crippen LogP contribution in [0.5, 0.6) is 0 Å². The Morgan fingerprint density at radius 2 is 1.58 bits per heavy atom. The van der Waals surface area contributed by atoms with E-state index in [2.05, 4.69) is 58.1 Å². The van der Waals surface area contributed by atoms with Gasteiger partial charge < -0.3 is 15.5 Å². The maximum atomic E-state index is 12.8. The first-order valence-corrected chi connectivity index (χ1v) is 10.8. The van der Waals surface area contributed by atoms with Gasteiger partial charge in [0.05, 0.1) is 16.9 Å². The second kappa shape index (κ2) is 8.63. The fraction of sp³-hybridized carbons (Fsp3) is 0.0714. The Hall–Kier alpha value is -4.38. The fourth-order valence-corrected chi connectivity index (χ4v) is 4.16. The molecule has 4 aromatic carbocycles. The number of nitrogens with one attached hydrogen (secondary N) is 2. The number of hydrogen-bond donors (Lipinski definition) is 2. The highest BCUT2D eigenvalue weighted by Gasteiger charge is 2.17. The molecule has 0 aliphatic carbocycles. The van der Waals surface area contributed by atoms with E-state index in [0.29, 0.717) is 16.8 Å². The van der Waals surface area contributed by atoms with Crippen molar-refractivity contribution in [3.05, 3.63) is 108 Å². The number of ketones is 1. The molecule has 0 spiro atoms. The Kier molecular flexibility index (Phi) is 5.37. The third kappa shape index (κ3) is 3.96. The van der Waals surface area contributed by atoms with Crippen molar-refractivity contribution in [3.8, 4) is 0 Å². The third-order valence-electron chi connectivity index (χ3n) is 5.77. The maximum Gasteiger partial charge on any atom is 0.256 e. The highest BCUT2D eigenvalue weighted by atomic mass is 16.2. The van der Waals surface area contributed by atoms with Gasteiger partial charge in [-0.1, -0.05) is 48.5 Å². The molecule has 4 aromatic rings. The highest BCUT2D eigenvalue weighted by molar-refractivity contribution is 6.12. The van der Waals surface area contributed by atoms with Crippen molar-refractivity contribution in [2.24, 2.45) is 0 Å². The molecule has 5 heteroatoms. The van der Waals surface area contributed by atoms with E-state index in [4.69, 9.17) is 0 Å². The molecule has 5 nitrogen and oxygen atoms in total. The summed E-state index contributed by atoms with van der Waals surface area (Å²) < 4.78 is 0. The summed E-state index contributed by atoms with van der Waals surface area (Å²) in [6.45, 7) is 2.20. The maximum absolute atomic E-state index is 12.8. The van der Waals surface area contributed by atoms with Crippen molar-refractivity contribution >= 4 is 45.2 Å².